The summed E-state index contributed by atoms with van der Waals surface area (Å²) in [7, 11) is 0. The molecule has 2 atom stereocenters. The summed E-state index contributed by atoms with van der Waals surface area (Å²) in [5, 5.41) is 5.56. The Morgan fingerprint density at radius 3 is 2.44 bits per heavy atom. The number of piperazine rings is 1. The van der Waals surface area contributed by atoms with Crippen LogP contribution in [0.4, 0.5) is 0 Å². The van der Waals surface area contributed by atoms with Crippen molar-refractivity contribution in [3.63, 3.8) is 0 Å². The summed E-state index contributed by atoms with van der Waals surface area (Å²) in [5.74, 6) is -0.638. The average molecular weight is 378 g/mol. The molecular formula is C19H30N4O4. The number of nitrogens with zero attached hydrogens (tertiary/aromatic N) is 2. The fraction of sp³-hybridized carbons (Fsp3) is 0.789. The lowest BCUT2D eigenvalue weighted by molar-refractivity contribution is -0.151. The maximum atomic E-state index is 13.1. The van der Waals surface area contributed by atoms with E-state index in [1.165, 1.54) is 6.92 Å². The van der Waals surface area contributed by atoms with Crippen LogP contribution in [0.5, 0.6) is 0 Å². The molecule has 0 aromatic heterocycles. The van der Waals surface area contributed by atoms with Gasteiger partial charge in [-0.2, -0.15) is 0 Å². The van der Waals surface area contributed by atoms with Crippen molar-refractivity contribution in [3.8, 4) is 0 Å². The second kappa shape index (κ2) is 8.71. The molecule has 8 heteroatoms. The molecule has 2 saturated heterocycles. The molecule has 2 aliphatic heterocycles. The van der Waals surface area contributed by atoms with Gasteiger partial charge < -0.3 is 20.4 Å². The molecule has 150 valence electrons. The van der Waals surface area contributed by atoms with Crippen LogP contribution in [0, 0.1) is 5.92 Å². The topological polar surface area (TPSA) is 98.8 Å². The van der Waals surface area contributed by atoms with Gasteiger partial charge in [-0.05, 0) is 25.7 Å². The van der Waals surface area contributed by atoms with Crippen LogP contribution in [0.2, 0.25) is 0 Å². The zero-order valence-corrected chi connectivity index (χ0v) is 16.0. The van der Waals surface area contributed by atoms with E-state index >= 15 is 0 Å². The zero-order valence-electron chi connectivity index (χ0n) is 16.0. The van der Waals surface area contributed by atoms with Crippen LogP contribution < -0.4 is 10.6 Å². The summed E-state index contributed by atoms with van der Waals surface area (Å²) >= 11 is 0. The molecular weight excluding hydrogens is 348 g/mol. The summed E-state index contributed by atoms with van der Waals surface area (Å²) in [5.41, 5.74) is 0. The van der Waals surface area contributed by atoms with Crippen molar-refractivity contribution < 1.29 is 19.2 Å². The summed E-state index contributed by atoms with van der Waals surface area (Å²) in [4.78, 5) is 53.1. The van der Waals surface area contributed by atoms with E-state index in [0.717, 1.165) is 38.5 Å². The lowest BCUT2D eigenvalue weighted by Gasteiger charge is -2.42. The van der Waals surface area contributed by atoms with Gasteiger partial charge in [0.15, 0.2) is 0 Å². The Morgan fingerprint density at radius 1 is 1.04 bits per heavy atom. The lowest BCUT2D eigenvalue weighted by Crippen LogP contribution is -2.64. The minimum Gasteiger partial charge on any atom is -0.354 e. The van der Waals surface area contributed by atoms with Crippen LogP contribution in [-0.2, 0) is 19.2 Å². The summed E-state index contributed by atoms with van der Waals surface area (Å²) < 4.78 is 0. The number of piperidine rings is 1. The molecule has 1 aliphatic carbocycles. The van der Waals surface area contributed by atoms with E-state index in [-0.39, 0.29) is 36.1 Å². The summed E-state index contributed by atoms with van der Waals surface area (Å²) in [6.45, 7) is 3.10. The van der Waals surface area contributed by atoms with E-state index in [0.29, 0.717) is 26.1 Å². The van der Waals surface area contributed by atoms with E-state index in [1.54, 1.807) is 9.80 Å². The van der Waals surface area contributed by atoms with Gasteiger partial charge in [0.2, 0.25) is 23.6 Å². The minimum atomic E-state index is -0.730. The van der Waals surface area contributed by atoms with Gasteiger partial charge in [-0.1, -0.05) is 19.3 Å². The molecule has 2 unspecified atom stereocenters. The average Bonchev–Trinajstić information content (AvgIpc) is 2.69. The predicted octanol–water partition coefficient (Wildman–Crippen LogP) is 0.0208. The second-order valence-electron chi connectivity index (χ2n) is 7.84. The van der Waals surface area contributed by atoms with Gasteiger partial charge in [-0.15, -0.1) is 0 Å². The highest BCUT2D eigenvalue weighted by atomic mass is 16.2. The van der Waals surface area contributed by atoms with E-state index in [4.69, 9.17) is 0 Å². The highest BCUT2D eigenvalue weighted by molar-refractivity contribution is 5.93. The lowest BCUT2D eigenvalue weighted by atomic mass is 9.87. The van der Waals surface area contributed by atoms with Crippen molar-refractivity contribution in [1.29, 1.82) is 0 Å². The third-order valence-corrected chi connectivity index (χ3v) is 5.97. The summed E-state index contributed by atoms with van der Waals surface area (Å²) in [6.07, 6.45) is 6.38. The Morgan fingerprint density at radius 2 is 1.78 bits per heavy atom. The number of hydrogen-bond donors (Lipinski definition) is 2. The Hall–Kier alpha value is -2.12. The number of hydrogen-bond acceptors (Lipinski definition) is 4. The Bertz CT molecular complexity index is 603. The molecule has 27 heavy (non-hydrogen) atoms. The maximum Gasteiger partial charge on any atom is 0.245 e. The first-order chi connectivity index (χ1) is 13.0. The number of amides is 4. The smallest absolute Gasteiger partial charge is 0.245 e. The molecule has 3 rings (SSSR count). The molecule has 3 aliphatic rings. The van der Waals surface area contributed by atoms with Gasteiger partial charge in [0.25, 0.3) is 0 Å². The standard InChI is InChI=1S/C19H30N4O4/c1-13(24)22-10-11-23(19(27)14-6-3-2-4-7-14)16(12-22)18(26)21-15-8-5-9-20-17(15)25/h14-16H,2-12H2,1H3,(H,20,25)(H,21,26). The SMILES string of the molecule is CC(=O)N1CCN(C(=O)C2CCCCC2)C(C(=O)NC2CCCNC2=O)C1. The van der Waals surface area contributed by atoms with Crippen LogP contribution in [-0.4, -0.2) is 71.7 Å². The van der Waals surface area contributed by atoms with E-state index in [9.17, 15) is 19.2 Å². The monoisotopic (exact) mass is 378 g/mol. The third kappa shape index (κ3) is 4.59. The molecule has 0 aromatic carbocycles. The largest absolute Gasteiger partial charge is 0.354 e. The van der Waals surface area contributed by atoms with Crippen LogP contribution in [0.25, 0.3) is 0 Å². The normalized spacial score (nSPS) is 27.1. The molecule has 0 radical (unpaired) electrons. The van der Waals surface area contributed by atoms with Gasteiger partial charge in [0.05, 0.1) is 6.54 Å². The first kappa shape index (κ1) is 19.6. The van der Waals surface area contributed by atoms with Gasteiger partial charge in [-0.25, -0.2) is 0 Å². The Labute approximate surface area is 160 Å². The van der Waals surface area contributed by atoms with Crippen molar-refractivity contribution in [2.45, 2.75) is 64.0 Å². The van der Waals surface area contributed by atoms with Crippen molar-refractivity contribution in [2.24, 2.45) is 5.92 Å². The fourth-order valence-corrected chi connectivity index (χ4v) is 4.32. The molecule has 8 nitrogen and oxygen atoms in total. The van der Waals surface area contributed by atoms with Gasteiger partial charge in [-0.3, -0.25) is 19.2 Å². The number of carbonyl (C=O) groups is 4. The molecule has 1 saturated carbocycles. The summed E-state index contributed by atoms with van der Waals surface area (Å²) in [6, 6.07) is -1.29. The first-order valence-electron chi connectivity index (χ1n) is 10.1. The van der Waals surface area contributed by atoms with Crippen LogP contribution in [0.15, 0.2) is 0 Å². The van der Waals surface area contributed by atoms with Gasteiger partial charge in [0, 0.05) is 32.5 Å². The van der Waals surface area contributed by atoms with E-state index in [1.807, 2.05) is 0 Å². The number of nitrogens with one attached hydrogen (secondary N) is 2. The fourth-order valence-electron chi connectivity index (χ4n) is 4.32. The quantitative estimate of drug-likeness (QED) is 0.723. The van der Waals surface area contributed by atoms with Crippen LogP contribution >= 0.6 is 0 Å². The molecule has 0 spiro atoms. The zero-order chi connectivity index (χ0) is 19.4. The number of rotatable bonds is 3. The minimum absolute atomic E-state index is 0.0196. The highest BCUT2D eigenvalue weighted by Crippen LogP contribution is 2.27. The Balaban J connectivity index is 1.72. The van der Waals surface area contributed by atoms with Crippen molar-refractivity contribution in [3.05, 3.63) is 0 Å². The molecule has 3 fully saturated rings. The van der Waals surface area contributed by atoms with Gasteiger partial charge >= 0.3 is 0 Å². The third-order valence-electron chi connectivity index (χ3n) is 5.97. The van der Waals surface area contributed by atoms with E-state index < -0.39 is 12.1 Å². The molecule has 0 bridgehead atoms. The maximum absolute atomic E-state index is 13.1. The van der Waals surface area contributed by atoms with Crippen molar-refractivity contribution >= 4 is 23.6 Å². The van der Waals surface area contributed by atoms with Crippen LogP contribution in [0.3, 0.4) is 0 Å². The predicted molar refractivity (Wildman–Crippen MR) is 98.5 cm³/mol. The Kier molecular flexibility index (Phi) is 6.34. The van der Waals surface area contributed by atoms with Crippen molar-refractivity contribution in [2.75, 3.05) is 26.2 Å². The highest BCUT2D eigenvalue weighted by Gasteiger charge is 2.40. The van der Waals surface area contributed by atoms with E-state index in [2.05, 4.69) is 10.6 Å². The molecule has 2 heterocycles. The van der Waals surface area contributed by atoms with Crippen LogP contribution in [0.1, 0.15) is 51.9 Å². The first-order valence-corrected chi connectivity index (χ1v) is 10.1. The molecule has 4 amide bonds. The van der Waals surface area contributed by atoms with Crippen molar-refractivity contribution in [1.82, 2.24) is 20.4 Å². The molecule has 2 N–H and O–H groups in total. The second-order valence-corrected chi connectivity index (χ2v) is 7.84. The molecule has 0 aromatic rings. The number of carbonyl (C=O) groups excluding carboxylic acids is 4. The van der Waals surface area contributed by atoms with Gasteiger partial charge in [0.1, 0.15) is 12.1 Å².